The van der Waals surface area contributed by atoms with E-state index >= 15 is 0 Å². The molecule has 1 aliphatic rings. The first kappa shape index (κ1) is 12.1. The van der Waals surface area contributed by atoms with Crippen LogP contribution < -0.4 is 16.0 Å². The molecule has 0 bridgehead atoms. The Morgan fingerprint density at radius 2 is 2.47 bits per heavy atom. The van der Waals surface area contributed by atoms with E-state index in [-0.39, 0.29) is 11.8 Å². The van der Waals surface area contributed by atoms with Gasteiger partial charge in [-0.15, -0.1) is 0 Å². The molecule has 1 amide bonds. The van der Waals surface area contributed by atoms with Crippen LogP contribution in [0.4, 0.5) is 5.82 Å². The van der Waals surface area contributed by atoms with Crippen molar-refractivity contribution in [1.29, 1.82) is 0 Å². The molecule has 0 aromatic carbocycles. The summed E-state index contributed by atoms with van der Waals surface area (Å²) in [6, 6.07) is 2.20. The molecule has 1 aromatic heterocycles. The Morgan fingerprint density at radius 1 is 1.71 bits per heavy atom. The second kappa shape index (κ2) is 5.29. The number of aromatic nitrogens is 2. The number of rotatable bonds is 5. The molecule has 1 aromatic rings. The van der Waals surface area contributed by atoms with Crippen molar-refractivity contribution < 1.29 is 4.79 Å². The van der Waals surface area contributed by atoms with Gasteiger partial charge in [-0.1, -0.05) is 6.92 Å². The molecule has 0 saturated carbocycles. The van der Waals surface area contributed by atoms with E-state index in [9.17, 15) is 4.79 Å². The van der Waals surface area contributed by atoms with Gasteiger partial charge in [-0.3, -0.25) is 4.79 Å². The first-order chi connectivity index (χ1) is 8.22. The number of nitrogens with one attached hydrogen (secondary N) is 3. The lowest BCUT2D eigenvalue weighted by atomic mass is 10.1. The average Bonchev–Trinajstić information content (AvgIpc) is 2.64. The van der Waals surface area contributed by atoms with Gasteiger partial charge in [0.15, 0.2) is 0 Å². The van der Waals surface area contributed by atoms with Crippen molar-refractivity contribution in [3.05, 3.63) is 12.3 Å². The highest BCUT2D eigenvalue weighted by molar-refractivity contribution is 5.91. The molecule has 0 spiro atoms. The zero-order valence-electron chi connectivity index (χ0n) is 10.2. The number of carbonyl (C=O) groups is 1. The molecule has 1 aliphatic heterocycles. The minimum atomic E-state index is -0.0529. The van der Waals surface area contributed by atoms with Crippen molar-refractivity contribution in [2.24, 2.45) is 5.92 Å². The standard InChI is InChI=1S/C11H19N5O/c1-8(5-12-2)11(17)15-10-3-4-14-16(10)9-6-13-7-9/h3-4,8-9,12-13H,5-7H2,1-2H3,(H,15,17). The van der Waals surface area contributed by atoms with Gasteiger partial charge in [0, 0.05) is 31.6 Å². The fourth-order valence-corrected chi connectivity index (χ4v) is 1.80. The van der Waals surface area contributed by atoms with Gasteiger partial charge in [0.25, 0.3) is 0 Å². The molecule has 0 aliphatic carbocycles. The van der Waals surface area contributed by atoms with Crippen molar-refractivity contribution in [2.45, 2.75) is 13.0 Å². The fraction of sp³-hybridized carbons (Fsp3) is 0.636. The molecule has 1 unspecified atom stereocenters. The Hall–Kier alpha value is -1.40. The molecule has 1 saturated heterocycles. The van der Waals surface area contributed by atoms with Crippen LogP contribution in [0.15, 0.2) is 12.3 Å². The molecule has 6 nitrogen and oxygen atoms in total. The summed E-state index contributed by atoms with van der Waals surface area (Å²) < 4.78 is 1.88. The lowest BCUT2D eigenvalue weighted by Crippen LogP contribution is -2.44. The minimum absolute atomic E-state index is 0.0217. The van der Waals surface area contributed by atoms with Crippen LogP contribution in [0, 0.1) is 5.92 Å². The third-order valence-electron chi connectivity index (χ3n) is 2.99. The predicted molar refractivity (Wildman–Crippen MR) is 65.9 cm³/mol. The first-order valence-electron chi connectivity index (χ1n) is 5.92. The zero-order valence-corrected chi connectivity index (χ0v) is 10.2. The van der Waals surface area contributed by atoms with Gasteiger partial charge in [-0.2, -0.15) is 5.10 Å². The summed E-state index contributed by atoms with van der Waals surface area (Å²) in [6.45, 7) is 4.40. The van der Waals surface area contributed by atoms with Crippen LogP contribution in [0.2, 0.25) is 0 Å². The molecule has 0 radical (unpaired) electrons. The van der Waals surface area contributed by atoms with Crippen molar-refractivity contribution in [3.8, 4) is 0 Å². The largest absolute Gasteiger partial charge is 0.319 e. The SMILES string of the molecule is CNCC(C)C(=O)Nc1ccnn1C1CNC1. The Kier molecular flexibility index (Phi) is 3.75. The van der Waals surface area contributed by atoms with E-state index in [1.165, 1.54) is 0 Å². The summed E-state index contributed by atoms with van der Waals surface area (Å²) in [5.41, 5.74) is 0. The Labute approximate surface area is 101 Å². The minimum Gasteiger partial charge on any atom is -0.319 e. The van der Waals surface area contributed by atoms with E-state index in [1.54, 1.807) is 6.20 Å². The maximum Gasteiger partial charge on any atom is 0.229 e. The van der Waals surface area contributed by atoms with E-state index in [4.69, 9.17) is 0 Å². The van der Waals surface area contributed by atoms with E-state index in [0.717, 1.165) is 18.9 Å². The molecule has 1 atom stereocenters. The summed E-state index contributed by atoms with van der Waals surface area (Å²) in [6.07, 6.45) is 1.72. The molecule has 3 N–H and O–H groups in total. The van der Waals surface area contributed by atoms with Crippen LogP contribution in [0.25, 0.3) is 0 Å². The first-order valence-corrected chi connectivity index (χ1v) is 5.92. The number of nitrogens with zero attached hydrogens (tertiary/aromatic N) is 2. The van der Waals surface area contributed by atoms with Crippen LogP contribution in [-0.2, 0) is 4.79 Å². The fourth-order valence-electron chi connectivity index (χ4n) is 1.80. The maximum atomic E-state index is 11.9. The van der Waals surface area contributed by atoms with Gasteiger partial charge >= 0.3 is 0 Å². The summed E-state index contributed by atoms with van der Waals surface area (Å²) in [5, 5.41) is 13.3. The van der Waals surface area contributed by atoms with E-state index in [0.29, 0.717) is 12.6 Å². The van der Waals surface area contributed by atoms with Gasteiger partial charge in [-0.25, -0.2) is 4.68 Å². The Morgan fingerprint density at radius 3 is 3.06 bits per heavy atom. The number of anilines is 1. The summed E-state index contributed by atoms with van der Waals surface area (Å²) in [5.74, 6) is 0.751. The maximum absolute atomic E-state index is 11.9. The smallest absolute Gasteiger partial charge is 0.229 e. The van der Waals surface area contributed by atoms with Crippen LogP contribution in [-0.4, -0.2) is 42.4 Å². The third-order valence-corrected chi connectivity index (χ3v) is 2.99. The lowest BCUT2D eigenvalue weighted by molar-refractivity contribution is -0.119. The van der Waals surface area contributed by atoms with Gasteiger partial charge in [0.2, 0.25) is 5.91 Å². The van der Waals surface area contributed by atoms with E-state index < -0.39 is 0 Å². The van der Waals surface area contributed by atoms with Crippen LogP contribution >= 0.6 is 0 Å². The molecule has 6 heteroatoms. The highest BCUT2D eigenvalue weighted by atomic mass is 16.2. The van der Waals surface area contributed by atoms with Crippen LogP contribution in [0.1, 0.15) is 13.0 Å². The van der Waals surface area contributed by atoms with Crippen molar-refractivity contribution >= 4 is 11.7 Å². The number of hydrogen-bond donors (Lipinski definition) is 3. The Balaban J connectivity index is 1.98. The number of hydrogen-bond acceptors (Lipinski definition) is 4. The topological polar surface area (TPSA) is 71.0 Å². The highest BCUT2D eigenvalue weighted by Crippen LogP contribution is 2.17. The molecular formula is C11H19N5O. The summed E-state index contributed by atoms with van der Waals surface area (Å²) in [4.78, 5) is 11.9. The lowest BCUT2D eigenvalue weighted by Gasteiger charge is -2.29. The molecular weight excluding hydrogens is 218 g/mol. The third kappa shape index (κ3) is 2.65. The van der Waals surface area contributed by atoms with Gasteiger partial charge in [0.05, 0.1) is 12.2 Å². The van der Waals surface area contributed by atoms with E-state index in [1.807, 2.05) is 24.7 Å². The second-order valence-corrected chi connectivity index (χ2v) is 4.42. The summed E-state index contributed by atoms with van der Waals surface area (Å²) >= 11 is 0. The average molecular weight is 237 g/mol. The van der Waals surface area contributed by atoms with Crippen molar-refractivity contribution in [2.75, 3.05) is 32.0 Å². The van der Waals surface area contributed by atoms with Gasteiger partial charge < -0.3 is 16.0 Å². The molecule has 17 heavy (non-hydrogen) atoms. The number of amides is 1. The molecule has 2 rings (SSSR count). The van der Waals surface area contributed by atoms with E-state index in [2.05, 4.69) is 21.0 Å². The van der Waals surface area contributed by atoms with Crippen LogP contribution in [0.5, 0.6) is 0 Å². The molecule has 2 heterocycles. The van der Waals surface area contributed by atoms with Crippen molar-refractivity contribution in [3.63, 3.8) is 0 Å². The van der Waals surface area contributed by atoms with Crippen molar-refractivity contribution in [1.82, 2.24) is 20.4 Å². The quantitative estimate of drug-likeness (QED) is 0.664. The monoisotopic (exact) mass is 237 g/mol. The molecule has 94 valence electrons. The van der Waals surface area contributed by atoms with Gasteiger partial charge in [0.1, 0.15) is 5.82 Å². The van der Waals surface area contributed by atoms with Crippen LogP contribution in [0.3, 0.4) is 0 Å². The molecule has 1 fully saturated rings. The Bertz CT molecular complexity index is 385. The zero-order chi connectivity index (χ0) is 12.3. The normalized spacial score (nSPS) is 17.5. The second-order valence-electron chi connectivity index (χ2n) is 4.42. The predicted octanol–water partition coefficient (Wildman–Crippen LogP) is -0.179. The van der Waals surface area contributed by atoms with Gasteiger partial charge in [-0.05, 0) is 7.05 Å². The summed E-state index contributed by atoms with van der Waals surface area (Å²) in [7, 11) is 1.84. The number of carbonyl (C=O) groups excluding carboxylic acids is 1. The highest BCUT2D eigenvalue weighted by Gasteiger charge is 2.23.